The minimum atomic E-state index is -0.0934. The molecule has 1 N–H and O–H groups in total. The van der Waals surface area contributed by atoms with Crippen LogP contribution in [-0.2, 0) is 12.8 Å². The van der Waals surface area contributed by atoms with Gasteiger partial charge in [-0.3, -0.25) is 4.79 Å². The van der Waals surface area contributed by atoms with Crippen LogP contribution in [-0.4, -0.2) is 36.7 Å². The minimum absolute atomic E-state index is 0.0934. The number of rotatable bonds is 5. The van der Waals surface area contributed by atoms with Crippen molar-refractivity contribution in [2.24, 2.45) is 5.92 Å². The van der Waals surface area contributed by atoms with E-state index in [1.54, 1.807) is 16.9 Å². The zero-order valence-electron chi connectivity index (χ0n) is 15.0. The van der Waals surface area contributed by atoms with Crippen LogP contribution >= 0.6 is 0 Å². The number of hydrogen-bond donors (Lipinski definition) is 1. The summed E-state index contributed by atoms with van der Waals surface area (Å²) in [6.07, 6.45) is 7.87. The van der Waals surface area contributed by atoms with Crippen molar-refractivity contribution < 1.29 is 9.21 Å². The van der Waals surface area contributed by atoms with Gasteiger partial charge in [0.2, 0.25) is 11.8 Å². The van der Waals surface area contributed by atoms with Crippen molar-refractivity contribution in [1.82, 2.24) is 30.1 Å². The predicted molar refractivity (Wildman–Crippen MR) is 93.7 cm³/mol. The summed E-state index contributed by atoms with van der Waals surface area (Å²) >= 11 is 0. The molecule has 26 heavy (non-hydrogen) atoms. The molecule has 1 aliphatic carbocycles. The molecule has 0 bridgehead atoms. The van der Waals surface area contributed by atoms with Gasteiger partial charge in [0.05, 0.1) is 17.5 Å². The summed E-state index contributed by atoms with van der Waals surface area (Å²) in [5, 5.41) is 15.4. The van der Waals surface area contributed by atoms with Crippen molar-refractivity contribution in [3.63, 3.8) is 0 Å². The lowest BCUT2D eigenvalue weighted by Gasteiger charge is -2.14. The van der Waals surface area contributed by atoms with Gasteiger partial charge in [-0.1, -0.05) is 6.92 Å². The van der Waals surface area contributed by atoms with Crippen LogP contribution in [0.5, 0.6) is 0 Å². The number of aromatic nitrogens is 5. The average molecular weight is 354 g/mol. The van der Waals surface area contributed by atoms with Crippen molar-refractivity contribution in [2.45, 2.75) is 52.0 Å². The van der Waals surface area contributed by atoms with E-state index in [4.69, 9.17) is 4.42 Å². The molecule has 8 nitrogen and oxygen atoms in total. The number of amides is 1. The Morgan fingerprint density at radius 1 is 1.35 bits per heavy atom. The molecule has 0 spiro atoms. The third kappa shape index (κ3) is 3.31. The van der Waals surface area contributed by atoms with Gasteiger partial charge < -0.3 is 9.73 Å². The van der Waals surface area contributed by atoms with E-state index in [1.807, 2.05) is 19.9 Å². The number of aryl methyl sites for hydroxylation is 2. The first-order valence-electron chi connectivity index (χ1n) is 9.05. The van der Waals surface area contributed by atoms with Crippen LogP contribution in [0.15, 0.2) is 22.9 Å². The molecule has 1 fully saturated rings. The molecular formula is C18H22N6O2. The maximum absolute atomic E-state index is 12.7. The lowest BCUT2D eigenvalue weighted by molar-refractivity contribution is 0.0935. The van der Waals surface area contributed by atoms with Gasteiger partial charge in [-0.05, 0) is 32.1 Å². The van der Waals surface area contributed by atoms with E-state index in [1.165, 1.54) is 0 Å². The van der Waals surface area contributed by atoms with Gasteiger partial charge in [0.1, 0.15) is 0 Å². The van der Waals surface area contributed by atoms with Crippen LogP contribution in [0.4, 0.5) is 0 Å². The first kappa shape index (κ1) is 16.7. The molecule has 3 heterocycles. The minimum Gasteiger partial charge on any atom is -0.425 e. The Morgan fingerprint density at radius 3 is 3.00 bits per heavy atom. The number of carbonyl (C=O) groups is 1. The van der Waals surface area contributed by atoms with Gasteiger partial charge in [-0.25, -0.2) is 9.50 Å². The first-order chi connectivity index (χ1) is 12.6. The zero-order valence-corrected chi connectivity index (χ0v) is 15.0. The molecule has 0 saturated heterocycles. The van der Waals surface area contributed by atoms with Crippen LogP contribution in [0.25, 0.3) is 5.65 Å². The zero-order chi connectivity index (χ0) is 18.1. The summed E-state index contributed by atoms with van der Waals surface area (Å²) in [7, 11) is 0. The molecule has 3 aromatic rings. The largest absolute Gasteiger partial charge is 0.425 e. The fourth-order valence-corrected chi connectivity index (χ4v) is 3.58. The second kappa shape index (κ2) is 6.86. The van der Waals surface area contributed by atoms with Gasteiger partial charge in [0.15, 0.2) is 5.65 Å². The van der Waals surface area contributed by atoms with Crippen LogP contribution in [0.2, 0.25) is 0 Å². The SMILES string of the molecule is CCc1nnc(C[C@@H]2CC[C@H](NC(=O)c3cn4nccc4nc3C)C2)o1. The van der Waals surface area contributed by atoms with Crippen molar-refractivity contribution in [3.8, 4) is 0 Å². The third-order valence-electron chi connectivity index (χ3n) is 4.97. The Balaban J connectivity index is 1.38. The molecule has 2 atom stereocenters. The van der Waals surface area contributed by atoms with Crippen molar-refractivity contribution in [3.05, 3.63) is 41.5 Å². The molecule has 0 aliphatic heterocycles. The number of fused-ring (bicyclic) bond motifs is 1. The van der Waals surface area contributed by atoms with E-state index in [9.17, 15) is 4.79 Å². The highest BCUT2D eigenvalue weighted by atomic mass is 16.4. The van der Waals surface area contributed by atoms with Crippen LogP contribution in [0.1, 0.15) is 54.0 Å². The number of hydrogen-bond acceptors (Lipinski definition) is 6. The van der Waals surface area contributed by atoms with Crippen molar-refractivity contribution >= 4 is 11.6 Å². The highest BCUT2D eigenvalue weighted by Gasteiger charge is 2.28. The van der Waals surface area contributed by atoms with Crippen molar-refractivity contribution in [1.29, 1.82) is 0 Å². The van der Waals surface area contributed by atoms with Gasteiger partial charge in [0, 0.05) is 31.1 Å². The molecule has 4 rings (SSSR count). The number of carbonyl (C=O) groups excluding carboxylic acids is 1. The summed E-state index contributed by atoms with van der Waals surface area (Å²) in [5.74, 6) is 1.74. The topological polar surface area (TPSA) is 98.2 Å². The highest BCUT2D eigenvalue weighted by molar-refractivity contribution is 5.95. The smallest absolute Gasteiger partial charge is 0.254 e. The van der Waals surface area contributed by atoms with Crippen LogP contribution in [0, 0.1) is 12.8 Å². The first-order valence-corrected chi connectivity index (χ1v) is 9.05. The second-order valence-electron chi connectivity index (χ2n) is 6.87. The summed E-state index contributed by atoms with van der Waals surface area (Å²) in [6.45, 7) is 3.84. The molecule has 136 valence electrons. The van der Waals surface area contributed by atoms with Gasteiger partial charge >= 0.3 is 0 Å². The normalized spacial score (nSPS) is 19.9. The van der Waals surface area contributed by atoms with Gasteiger partial charge in [-0.2, -0.15) is 5.10 Å². The standard InChI is InChI=1S/C18H22N6O2/c1-3-16-22-23-17(26-16)9-12-4-5-13(8-12)21-18(25)14-10-24-15(6-7-19-24)20-11(14)2/h6-7,10,12-13H,3-5,8-9H2,1-2H3,(H,21,25)/t12-,13+/m1/s1. The van der Waals surface area contributed by atoms with Gasteiger partial charge in [-0.15, -0.1) is 10.2 Å². The maximum atomic E-state index is 12.7. The Labute approximate surface area is 151 Å². The average Bonchev–Trinajstić information content (AvgIpc) is 3.35. The van der Waals surface area contributed by atoms with E-state index in [-0.39, 0.29) is 11.9 Å². The fourth-order valence-electron chi connectivity index (χ4n) is 3.58. The maximum Gasteiger partial charge on any atom is 0.254 e. The molecule has 0 unspecified atom stereocenters. The van der Waals surface area contributed by atoms with Crippen LogP contribution < -0.4 is 5.32 Å². The monoisotopic (exact) mass is 354 g/mol. The highest BCUT2D eigenvalue weighted by Crippen LogP contribution is 2.28. The van der Waals surface area contributed by atoms with E-state index >= 15 is 0 Å². The van der Waals surface area contributed by atoms with E-state index in [0.717, 1.165) is 37.8 Å². The summed E-state index contributed by atoms with van der Waals surface area (Å²) in [6, 6.07) is 1.98. The predicted octanol–water partition coefficient (Wildman–Crippen LogP) is 2.12. The summed E-state index contributed by atoms with van der Waals surface area (Å²) < 4.78 is 7.23. The third-order valence-corrected chi connectivity index (χ3v) is 4.97. The Hall–Kier alpha value is -2.77. The molecule has 1 aliphatic rings. The molecule has 1 amide bonds. The number of nitrogens with one attached hydrogen (secondary N) is 1. The molecule has 3 aromatic heterocycles. The van der Waals surface area contributed by atoms with E-state index in [2.05, 4.69) is 25.6 Å². The molecule has 1 saturated carbocycles. The number of nitrogens with zero attached hydrogens (tertiary/aromatic N) is 5. The van der Waals surface area contributed by atoms with E-state index < -0.39 is 0 Å². The Morgan fingerprint density at radius 2 is 2.19 bits per heavy atom. The Kier molecular flexibility index (Phi) is 4.40. The Bertz CT molecular complexity index is 931. The second-order valence-corrected chi connectivity index (χ2v) is 6.87. The van der Waals surface area contributed by atoms with Crippen LogP contribution in [0.3, 0.4) is 0 Å². The summed E-state index contributed by atoms with van der Waals surface area (Å²) in [4.78, 5) is 17.1. The molecule has 0 aromatic carbocycles. The fraction of sp³-hybridized carbons (Fsp3) is 0.500. The van der Waals surface area contributed by atoms with E-state index in [0.29, 0.717) is 29.0 Å². The molecule has 8 heteroatoms. The van der Waals surface area contributed by atoms with Crippen molar-refractivity contribution in [2.75, 3.05) is 0 Å². The lowest BCUT2D eigenvalue weighted by Crippen LogP contribution is -2.33. The quantitative estimate of drug-likeness (QED) is 0.754. The lowest BCUT2D eigenvalue weighted by atomic mass is 10.0. The summed E-state index contributed by atoms with van der Waals surface area (Å²) in [5.41, 5.74) is 2.02. The molecule has 0 radical (unpaired) electrons. The molecular weight excluding hydrogens is 332 g/mol. The van der Waals surface area contributed by atoms with Gasteiger partial charge in [0.25, 0.3) is 5.91 Å².